The van der Waals surface area contributed by atoms with Crippen LogP contribution in [0.1, 0.15) is 5.56 Å². The average molecular weight is 346 g/mol. The van der Waals surface area contributed by atoms with Crippen molar-refractivity contribution < 1.29 is 4.42 Å². The molecule has 0 spiro atoms. The van der Waals surface area contributed by atoms with Crippen LogP contribution >= 0.6 is 39.3 Å². The lowest BCUT2D eigenvalue weighted by Gasteiger charge is -2.09. The summed E-state index contributed by atoms with van der Waals surface area (Å²) in [5.41, 5.74) is 1.23. The van der Waals surface area contributed by atoms with Gasteiger partial charge in [0.1, 0.15) is 10.8 Å². The molecule has 0 saturated heterocycles. The highest BCUT2D eigenvalue weighted by Gasteiger charge is 2.16. The lowest BCUT2D eigenvalue weighted by molar-refractivity contribution is 0.517. The lowest BCUT2D eigenvalue weighted by Crippen LogP contribution is -2.04. The standard InChI is InChI=1S/C13H10BrClO2S/c1-7-11(8-4-3-5-9(14)6-8)17-13(16)10(15)12(7)18-2/h3-6H,1-2H3. The summed E-state index contributed by atoms with van der Waals surface area (Å²) in [6, 6.07) is 7.62. The number of halogens is 2. The summed E-state index contributed by atoms with van der Waals surface area (Å²) in [7, 11) is 0. The molecule has 0 amide bonds. The molecule has 0 radical (unpaired) electrons. The summed E-state index contributed by atoms with van der Waals surface area (Å²) in [5, 5.41) is 0.152. The Balaban J connectivity index is 2.73. The number of rotatable bonds is 2. The van der Waals surface area contributed by atoms with Crippen LogP contribution in [0.5, 0.6) is 0 Å². The molecule has 0 saturated carbocycles. The van der Waals surface area contributed by atoms with Crippen LogP contribution in [0.25, 0.3) is 11.3 Å². The largest absolute Gasteiger partial charge is 0.421 e. The van der Waals surface area contributed by atoms with Crippen LogP contribution in [0.2, 0.25) is 5.02 Å². The first-order chi connectivity index (χ1) is 8.54. The second kappa shape index (κ2) is 5.51. The Bertz CT molecular complexity index is 652. The van der Waals surface area contributed by atoms with Crippen molar-refractivity contribution in [3.63, 3.8) is 0 Å². The van der Waals surface area contributed by atoms with E-state index in [0.717, 1.165) is 20.5 Å². The van der Waals surface area contributed by atoms with Crippen molar-refractivity contribution in [3.8, 4) is 11.3 Å². The zero-order valence-electron chi connectivity index (χ0n) is 9.79. The molecule has 2 rings (SSSR count). The minimum Gasteiger partial charge on any atom is -0.421 e. The van der Waals surface area contributed by atoms with Crippen molar-refractivity contribution in [1.29, 1.82) is 0 Å². The maximum absolute atomic E-state index is 11.7. The van der Waals surface area contributed by atoms with Crippen molar-refractivity contribution >= 4 is 39.3 Å². The molecule has 2 aromatic rings. The van der Waals surface area contributed by atoms with E-state index in [1.807, 2.05) is 37.4 Å². The molecule has 0 aliphatic rings. The van der Waals surface area contributed by atoms with Gasteiger partial charge < -0.3 is 4.42 Å². The summed E-state index contributed by atoms with van der Waals surface area (Å²) < 4.78 is 6.23. The smallest absolute Gasteiger partial charge is 0.356 e. The lowest BCUT2D eigenvalue weighted by atomic mass is 10.1. The molecule has 0 atom stereocenters. The first-order valence-corrected chi connectivity index (χ1v) is 7.57. The van der Waals surface area contributed by atoms with Crippen LogP contribution in [-0.2, 0) is 0 Å². The first-order valence-electron chi connectivity index (χ1n) is 5.17. The number of benzene rings is 1. The molecule has 1 aromatic carbocycles. The summed E-state index contributed by atoms with van der Waals surface area (Å²) in [6.45, 7) is 1.90. The minimum atomic E-state index is -0.499. The molecule has 18 heavy (non-hydrogen) atoms. The van der Waals surface area contributed by atoms with Crippen LogP contribution in [0, 0.1) is 6.92 Å². The Morgan fingerprint density at radius 1 is 1.39 bits per heavy atom. The molecule has 0 aliphatic carbocycles. The second-order valence-corrected chi connectivity index (χ2v) is 5.81. The summed E-state index contributed by atoms with van der Waals surface area (Å²) in [6.07, 6.45) is 1.89. The normalized spacial score (nSPS) is 10.7. The van der Waals surface area contributed by atoms with E-state index in [-0.39, 0.29) is 5.02 Å². The van der Waals surface area contributed by atoms with Crippen molar-refractivity contribution in [2.75, 3.05) is 6.26 Å². The van der Waals surface area contributed by atoms with E-state index in [2.05, 4.69) is 15.9 Å². The summed E-state index contributed by atoms with van der Waals surface area (Å²) >= 11 is 10.8. The zero-order chi connectivity index (χ0) is 13.3. The van der Waals surface area contributed by atoms with Gasteiger partial charge in [-0.2, -0.15) is 0 Å². The first kappa shape index (κ1) is 13.7. The van der Waals surface area contributed by atoms with Gasteiger partial charge in [0.05, 0.1) is 0 Å². The van der Waals surface area contributed by atoms with Gasteiger partial charge in [-0.15, -0.1) is 11.8 Å². The third kappa shape index (κ3) is 2.51. The second-order valence-electron chi connectivity index (χ2n) is 3.70. The fourth-order valence-corrected chi connectivity index (χ4v) is 3.19. The van der Waals surface area contributed by atoms with Crippen LogP contribution in [-0.4, -0.2) is 6.26 Å². The molecule has 2 nitrogen and oxygen atoms in total. The van der Waals surface area contributed by atoms with Gasteiger partial charge in [0.25, 0.3) is 0 Å². The van der Waals surface area contributed by atoms with Crippen LogP contribution < -0.4 is 5.63 Å². The van der Waals surface area contributed by atoms with Crippen LogP contribution in [0.4, 0.5) is 0 Å². The van der Waals surface area contributed by atoms with E-state index in [1.165, 1.54) is 11.8 Å². The zero-order valence-corrected chi connectivity index (χ0v) is 12.9. The van der Waals surface area contributed by atoms with Gasteiger partial charge in [0.2, 0.25) is 0 Å². The van der Waals surface area contributed by atoms with Gasteiger partial charge in [0, 0.05) is 20.5 Å². The van der Waals surface area contributed by atoms with Crippen LogP contribution in [0.15, 0.2) is 42.8 Å². The quantitative estimate of drug-likeness (QED) is 0.736. The maximum atomic E-state index is 11.7. The van der Waals surface area contributed by atoms with E-state index in [4.69, 9.17) is 16.0 Å². The fourth-order valence-electron chi connectivity index (χ4n) is 1.72. The fraction of sp³-hybridized carbons (Fsp3) is 0.154. The number of hydrogen-bond acceptors (Lipinski definition) is 3. The Kier molecular flexibility index (Phi) is 4.20. The van der Waals surface area contributed by atoms with Crippen molar-refractivity contribution in [2.24, 2.45) is 0 Å². The summed E-state index contributed by atoms with van der Waals surface area (Å²) in [5.74, 6) is 0.565. The van der Waals surface area contributed by atoms with Gasteiger partial charge in [-0.25, -0.2) is 4.79 Å². The molecule has 0 bridgehead atoms. The van der Waals surface area contributed by atoms with E-state index < -0.39 is 5.63 Å². The predicted octanol–water partition coefficient (Wildman–Crippen LogP) is 4.75. The molecule has 0 N–H and O–H groups in total. The molecule has 1 heterocycles. The summed E-state index contributed by atoms with van der Waals surface area (Å²) in [4.78, 5) is 12.5. The van der Waals surface area contributed by atoms with Gasteiger partial charge in [-0.1, -0.05) is 39.7 Å². The van der Waals surface area contributed by atoms with Crippen LogP contribution in [0.3, 0.4) is 0 Å². The maximum Gasteiger partial charge on any atom is 0.356 e. The van der Waals surface area contributed by atoms with Crippen molar-refractivity contribution in [1.82, 2.24) is 0 Å². The topological polar surface area (TPSA) is 30.2 Å². The molecule has 0 aliphatic heterocycles. The molecule has 0 fully saturated rings. The highest BCUT2D eigenvalue weighted by Crippen LogP contribution is 2.33. The van der Waals surface area contributed by atoms with Gasteiger partial charge in [0.15, 0.2) is 0 Å². The van der Waals surface area contributed by atoms with Gasteiger partial charge >= 0.3 is 5.63 Å². The highest BCUT2D eigenvalue weighted by atomic mass is 79.9. The van der Waals surface area contributed by atoms with E-state index in [9.17, 15) is 4.79 Å². The molecular weight excluding hydrogens is 336 g/mol. The van der Waals surface area contributed by atoms with Gasteiger partial charge in [-0.3, -0.25) is 0 Å². The molecule has 94 valence electrons. The predicted molar refractivity (Wildman–Crippen MR) is 79.6 cm³/mol. The van der Waals surface area contributed by atoms with Crippen molar-refractivity contribution in [3.05, 3.63) is 49.7 Å². The van der Waals surface area contributed by atoms with E-state index in [0.29, 0.717) is 5.76 Å². The number of hydrogen-bond donors (Lipinski definition) is 0. The Labute approximate surface area is 122 Å². The SMILES string of the molecule is CSc1c(C)c(-c2cccc(Br)c2)oc(=O)c1Cl. The van der Waals surface area contributed by atoms with E-state index >= 15 is 0 Å². The highest BCUT2D eigenvalue weighted by molar-refractivity contribution is 9.10. The Morgan fingerprint density at radius 3 is 2.72 bits per heavy atom. The molecule has 0 unspecified atom stereocenters. The Hall–Kier alpha value is -0.710. The number of thioether (sulfide) groups is 1. The van der Waals surface area contributed by atoms with Gasteiger partial charge in [-0.05, 0) is 25.3 Å². The average Bonchev–Trinajstić information content (AvgIpc) is 2.34. The molecule has 1 aromatic heterocycles. The monoisotopic (exact) mass is 344 g/mol. The molecular formula is C13H10BrClO2S. The third-order valence-corrected chi connectivity index (χ3v) is 4.41. The van der Waals surface area contributed by atoms with Crippen molar-refractivity contribution in [2.45, 2.75) is 11.8 Å². The minimum absolute atomic E-state index is 0.152. The third-order valence-electron chi connectivity index (χ3n) is 2.55. The van der Waals surface area contributed by atoms with E-state index in [1.54, 1.807) is 0 Å². The Morgan fingerprint density at radius 2 is 2.11 bits per heavy atom. The molecule has 5 heteroatoms.